The summed E-state index contributed by atoms with van der Waals surface area (Å²) in [5.41, 5.74) is 6.39. The van der Waals surface area contributed by atoms with E-state index in [1.54, 1.807) is 30.3 Å². The molecule has 2 rings (SSSR count). The lowest BCUT2D eigenvalue weighted by atomic mass is 10.1. The Balaban J connectivity index is 2.11. The van der Waals surface area contributed by atoms with Gasteiger partial charge >= 0.3 is 5.97 Å². The molecule has 0 saturated heterocycles. The number of benzene rings is 1. The third-order valence-corrected chi connectivity index (χ3v) is 3.65. The lowest BCUT2D eigenvalue weighted by Crippen LogP contribution is -2.48. The summed E-state index contributed by atoms with van der Waals surface area (Å²) in [6.45, 7) is 6.86. The minimum Gasteiger partial charge on any atom is -0.460 e. The van der Waals surface area contributed by atoms with Crippen molar-refractivity contribution in [2.75, 3.05) is 13.2 Å². The number of carbonyl (C=O) groups is 3. The quantitative estimate of drug-likeness (QED) is 0.601. The fourth-order valence-electron chi connectivity index (χ4n) is 2.39. The topological polar surface area (TPSA) is 89.7 Å². The third-order valence-electron chi connectivity index (χ3n) is 3.65. The summed E-state index contributed by atoms with van der Waals surface area (Å²) in [5.74, 6) is -1.58. The first-order valence-corrected chi connectivity index (χ1v) is 7.34. The van der Waals surface area contributed by atoms with E-state index < -0.39 is 23.8 Å². The number of hydrogen-bond acceptors (Lipinski definition) is 5. The molecule has 6 nitrogen and oxygen atoms in total. The van der Waals surface area contributed by atoms with Gasteiger partial charge in [0.05, 0.1) is 22.8 Å². The molecular weight excluding hydrogens is 308 g/mol. The van der Waals surface area contributed by atoms with Crippen molar-refractivity contribution in [1.82, 2.24) is 4.90 Å². The summed E-state index contributed by atoms with van der Waals surface area (Å²) in [7, 11) is 0. The second-order valence-corrected chi connectivity index (χ2v) is 5.07. The number of nitrogens with zero attached hydrogens (tertiary/aromatic N) is 1. The van der Waals surface area contributed by atoms with E-state index in [4.69, 9.17) is 10.5 Å². The molecule has 0 saturated carbocycles. The zero-order chi connectivity index (χ0) is 17.7. The molecule has 1 aromatic carbocycles. The molecule has 2 amide bonds. The van der Waals surface area contributed by atoms with Crippen LogP contribution in [0.15, 0.2) is 66.8 Å². The highest BCUT2D eigenvalue weighted by atomic mass is 16.5. The normalized spacial score (nSPS) is 15.5. The van der Waals surface area contributed by atoms with E-state index >= 15 is 0 Å². The molecule has 1 aliphatic heterocycles. The van der Waals surface area contributed by atoms with E-state index in [1.165, 1.54) is 12.2 Å². The minimum absolute atomic E-state index is 0.0333. The van der Waals surface area contributed by atoms with Crippen molar-refractivity contribution in [2.45, 2.75) is 6.04 Å². The minimum atomic E-state index is -0.759. The van der Waals surface area contributed by atoms with Crippen LogP contribution in [0, 0.1) is 0 Å². The average Bonchev–Trinajstić information content (AvgIpc) is 2.86. The van der Waals surface area contributed by atoms with E-state index in [-0.39, 0.29) is 24.3 Å². The van der Waals surface area contributed by atoms with Gasteiger partial charge in [-0.3, -0.25) is 14.5 Å². The molecule has 1 unspecified atom stereocenters. The zero-order valence-corrected chi connectivity index (χ0v) is 13.1. The maximum atomic E-state index is 12.4. The smallest absolute Gasteiger partial charge is 0.338 e. The largest absolute Gasteiger partial charge is 0.460 e. The maximum absolute atomic E-state index is 12.4. The van der Waals surface area contributed by atoms with E-state index in [0.717, 1.165) is 4.90 Å². The van der Waals surface area contributed by atoms with E-state index in [1.807, 2.05) is 0 Å². The van der Waals surface area contributed by atoms with Crippen LogP contribution in [0.5, 0.6) is 0 Å². The Morgan fingerprint density at radius 1 is 1.12 bits per heavy atom. The Labute approximate surface area is 139 Å². The molecule has 6 heteroatoms. The number of rotatable bonds is 7. The predicted octanol–water partition coefficient (Wildman–Crippen LogP) is 1.21. The molecule has 1 atom stereocenters. The van der Waals surface area contributed by atoms with Crippen molar-refractivity contribution >= 4 is 17.8 Å². The van der Waals surface area contributed by atoms with Crippen LogP contribution in [0.2, 0.25) is 0 Å². The molecular formula is C18H18N2O4. The molecule has 0 aliphatic carbocycles. The van der Waals surface area contributed by atoms with Gasteiger partial charge in [0.1, 0.15) is 6.61 Å². The van der Waals surface area contributed by atoms with E-state index in [9.17, 15) is 14.4 Å². The van der Waals surface area contributed by atoms with Gasteiger partial charge in [0.15, 0.2) is 0 Å². The van der Waals surface area contributed by atoms with Gasteiger partial charge in [0.2, 0.25) is 0 Å². The number of imide groups is 1. The predicted molar refractivity (Wildman–Crippen MR) is 88.8 cm³/mol. The van der Waals surface area contributed by atoms with Crippen molar-refractivity contribution in [3.05, 3.63) is 72.4 Å². The Morgan fingerprint density at radius 3 is 2.12 bits per heavy atom. The SMILES string of the molecule is C=CC1=C(C=C)C(=O)N(C(CN)COC(=O)c2ccccc2)C1=O. The van der Waals surface area contributed by atoms with Gasteiger partial charge in [0.25, 0.3) is 11.8 Å². The van der Waals surface area contributed by atoms with Crippen LogP contribution in [0.25, 0.3) is 0 Å². The molecule has 1 heterocycles. The number of esters is 1. The van der Waals surface area contributed by atoms with Gasteiger partial charge < -0.3 is 10.5 Å². The summed E-state index contributed by atoms with van der Waals surface area (Å²) >= 11 is 0. The van der Waals surface area contributed by atoms with Crippen LogP contribution in [0.1, 0.15) is 10.4 Å². The number of hydrogen-bond donors (Lipinski definition) is 1. The van der Waals surface area contributed by atoms with Crippen LogP contribution >= 0.6 is 0 Å². The second-order valence-electron chi connectivity index (χ2n) is 5.07. The number of carbonyl (C=O) groups excluding carboxylic acids is 3. The van der Waals surface area contributed by atoms with Crippen LogP contribution in [0.4, 0.5) is 0 Å². The second kappa shape index (κ2) is 7.52. The first kappa shape index (κ1) is 17.4. The Kier molecular flexibility index (Phi) is 5.44. The van der Waals surface area contributed by atoms with Crippen molar-refractivity contribution in [3.63, 3.8) is 0 Å². The summed E-state index contributed by atoms with van der Waals surface area (Å²) in [4.78, 5) is 37.7. The highest BCUT2D eigenvalue weighted by Crippen LogP contribution is 2.24. The monoisotopic (exact) mass is 326 g/mol. The molecule has 0 radical (unpaired) electrons. The Morgan fingerprint density at radius 2 is 1.67 bits per heavy atom. The van der Waals surface area contributed by atoms with Gasteiger partial charge in [0, 0.05) is 6.54 Å². The van der Waals surface area contributed by atoms with Crippen LogP contribution in [-0.4, -0.2) is 41.9 Å². The number of nitrogens with two attached hydrogens (primary N) is 1. The molecule has 0 fully saturated rings. The van der Waals surface area contributed by atoms with Crippen LogP contribution in [-0.2, 0) is 14.3 Å². The standard InChI is InChI=1S/C18H18N2O4/c1-3-14-15(4-2)17(22)20(16(14)21)13(10-19)11-24-18(23)12-8-6-5-7-9-12/h3-9,13H,1-2,10-11,19H2. The van der Waals surface area contributed by atoms with Crippen molar-refractivity contribution in [1.29, 1.82) is 0 Å². The fraction of sp³-hybridized carbons (Fsp3) is 0.167. The number of amides is 2. The maximum Gasteiger partial charge on any atom is 0.338 e. The van der Waals surface area contributed by atoms with Crippen molar-refractivity contribution in [2.24, 2.45) is 5.73 Å². The summed E-state index contributed by atoms with van der Waals surface area (Å²) in [6.07, 6.45) is 2.61. The van der Waals surface area contributed by atoms with Gasteiger partial charge in [-0.25, -0.2) is 4.79 Å². The molecule has 2 N–H and O–H groups in total. The van der Waals surface area contributed by atoms with Gasteiger partial charge in [-0.1, -0.05) is 43.5 Å². The summed E-state index contributed by atoms with van der Waals surface area (Å²) in [5, 5.41) is 0. The molecule has 124 valence electrons. The third kappa shape index (κ3) is 3.18. The molecule has 0 spiro atoms. The van der Waals surface area contributed by atoms with Gasteiger partial charge in [-0.2, -0.15) is 0 Å². The molecule has 1 aliphatic rings. The van der Waals surface area contributed by atoms with Crippen LogP contribution in [0.3, 0.4) is 0 Å². The highest BCUT2D eigenvalue weighted by molar-refractivity contribution is 6.22. The number of ether oxygens (including phenoxy) is 1. The molecule has 1 aromatic rings. The van der Waals surface area contributed by atoms with Gasteiger partial charge in [-0.15, -0.1) is 0 Å². The summed E-state index contributed by atoms with van der Waals surface area (Å²) in [6, 6.07) is 7.66. The highest BCUT2D eigenvalue weighted by Gasteiger charge is 2.39. The Bertz CT molecular complexity index is 692. The summed E-state index contributed by atoms with van der Waals surface area (Å²) < 4.78 is 5.19. The lowest BCUT2D eigenvalue weighted by molar-refractivity contribution is -0.140. The molecule has 24 heavy (non-hydrogen) atoms. The Hall–Kier alpha value is -2.99. The van der Waals surface area contributed by atoms with Crippen molar-refractivity contribution in [3.8, 4) is 0 Å². The van der Waals surface area contributed by atoms with Crippen molar-refractivity contribution < 1.29 is 19.1 Å². The van der Waals surface area contributed by atoms with Gasteiger partial charge in [-0.05, 0) is 12.1 Å². The fourth-order valence-corrected chi connectivity index (χ4v) is 2.39. The first-order valence-electron chi connectivity index (χ1n) is 7.34. The zero-order valence-electron chi connectivity index (χ0n) is 13.1. The first-order chi connectivity index (χ1) is 11.5. The lowest BCUT2D eigenvalue weighted by Gasteiger charge is -2.25. The molecule has 0 bridgehead atoms. The van der Waals surface area contributed by atoms with Crippen LogP contribution < -0.4 is 5.73 Å². The van der Waals surface area contributed by atoms with E-state index in [2.05, 4.69) is 13.2 Å². The molecule has 0 aromatic heterocycles. The average molecular weight is 326 g/mol. The van der Waals surface area contributed by atoms with E-state index in [0.29, 0.717) is 5.56 Å².